The number of aromatic nitrogens is 1. The number of aliphatic hydroxyl groups is 1. The molecule has 1 atom stereocenters. The average Bonchev–Trinajstić information content (AvgIpc) is 2.52. The molecule has 0 fully saturated rings. The van der Waals surface area contributed by atoms with Crippen LogP contribution >= 0.6 is 11.3 Å². The highest BCUT2D eigenvalue weighted by atomic mass is 32.1. The molecule has 80 valence electrons. The fraction of sp³-hybridized carbons (Fsp3) is 0.667. The summed E-state index contributed by atoms with van der Waals surface area (Å²) in [6, 6.07) is 0. The summed E-state index contributed by atoms with van der Waals surface area (Å²) in [5, 5.41) is 10.4. The van der Waals surface area contributed by atoms with Crippen molar-refractivity contribution in [3.05, 3.63) is 16.1 Å². The van der Waals surface area contributed by atoms with Gasteiger partial charge >= 0.3 is 0 Å². The fourth-order valence-electron chi connectivity index (χ4n) is 1.14. The van der Waals surface area contributed by atoms with Crippen LogP contribution in [0.25, 0.3) is 0 Å². The van der Waals surface area contributed by atoms with E-state index in [-0.39, 0.29) is 0 Å². The predicted octanol–water partition coefficient (Wildman–Crippen LogP) is 0.587. The second-order valence-electron chi connectivity index (χ2n) is 3.50. The van der Waals surface area contributed by atoms with Crippen molar-refractivity contribution in [2.24, 2.45) is 5.73 Å². The van der Waals surface area contributed by atoms with Crippen LogP contribution in [0.1, 0.15) is 22.4 Å². The highest BCUT2D eigenvalue weighted by Gasteiger charge is 2.11. The van der Waals surface area contributed by atoms with Gasteiger partial charge in [-0.15, -0.1) is 11.3 Å². The highest BCUT2D eigenvalue weighted by molar-refractivity contribution is 7.11. The first-order chi connectivity index (χ1) is 6.63. The average molecular weight is 215 g/mol. The van der Waals surface area contributed by atoms with Gasteiger partial charge in [0.05, 0.1) is 0 Å². The Morgan fingerprint density at radius 2 is 2.36 bits per heavy atom. The normalized spacial score (nSPS) is 13.5. The molecule has 3 N–H and O–H groups in total. The van der Waals surface area contributed by atoms with Crippen molar-refractivity contribution in [2.45, 2.75) is 19.1 Å². The van der Waals surface area contributed by atoms with Crippen LogP contribution < -0.4 is 5.73 Å². The molecule has 0 saturated heterocycles. The van der Waals surface area contributed by atoms with Gasteiger partial charge in [-0.3, -0.25) is 0 Å². The Morgan fingerprint density at radius 3 is 2.93 bits per heavy atom. The molecule has 0 spiro atoms. The predicted molar refractivity (Wildman–Crippen MR) is 58.1 cm³/mol. The minimum Gasteiger partial charge on any atom is -0.386 e. The van der Waals surface area contributed by atoms with Crippen LogP contribution in [0.2, 0.25) is 0 Å². The summed E-state index contributed by atoms with van der Waals surface area (Å²) in [6.45, 7) is 1.36. The lowest BCUT2D eigenvalue weighted by atomic mass is 10.3. The van der Waals surface area contributed by atoms with Gasteiger partial charge in [0.25, 0.3) is 0 Å². The monoisotopic (exact) mass is 215 g/mol. The molecule has 0 aliphatic rings. The van der Waals surface area contributed by atoms with Crippen molar-refractivity contribution in [1.82, 2.24) is 9.88 Å². The van der Waals surface area contributed by atoms with Crippen LogP contribution in [0.5, 0.6) is 0 Å². The third-order valence-electron chi connectivity index (χ3n) is 1.77. The lowest BCUT2D eigenvalue weighted by Crippen LogP contribution is -2.09. The number of hydrogen-bond acceptors (Lipinski definition) is 5. The minimum absolute atomic E-state index is 0.490. The van der Waals surface area contributed by atoms with E-state index in [1.54, 1.807) is 11.3 Å². The summed E-state index contributed by atoms with van der Waals surface area (Å²) in [6.07, 6.45) is 1.90. The van der Waals surface area contributed by atoms with Gasteiger partial charge < -0.3 is 15.7 Å². The van der Waals surface area contributed by atoms with Crippen LogP contribution in [-0.4, -0.2) is 35.6 Å². The largest absolute Gasteiger partial charge is 0.386 e. The van der Waals surface area contributed by atoms with Crippen molar-refractivity contribution in [1.29, 1.82) is 0 Å². The number of rotatable bonds is 5. The van der Waals surface area contributed by atoms with Gasteiger partial charge in [0.2, 0.25) is 0 Å². The quantitative estimate of drug-likeness (QED) is 0.754. The number of hydrogen-bond donors (Lipinski definition) is 2. The van der Waals surface area contributed by atoms with Gasteiger partial charge in [-0.1, -0.05) is 0 Å². The maximum Gasteiger partial charge on any atom is 0.122 e. The number of aliphatic hydroxyl groups excluding tert-OH is 1. The molecule has 0 aliphatic carbocycles. The van der Waals surface area contributed by atoms with E-state index in [4.69, 9.17) is 5.73 Å². The molecular weight excluding hydrogens is 198 g/mol. The molecule has 1 rings (SSSR count). The molecule has 0 radical (unpaired) electrons. The van der Waals surface area contributed by atoms with Crippen LogP contribution in [-0.2, 0) is 6.54 Å². The zero-order valence-corrected chi connectivity index (χ0v) is 9.42. The summed E-state index contributed by atoms with van der Waals surface area (Å²) in [5.74, 6) is 0. The molecule has 4 nitrogen and oxygen atoms in total. The van der Waals surface area contributed by atoms with Crippen molar-refractivity contribution in [3.8, 4) is 0 Å². The maximum atomic E-state index is 9.62. The second-order valence-corrected chi connectivity index (χ2v) is 4.64. The van der Waals surface area contributed by atoms with E-state index in [2.05, 4.69) is 9.88 Å². The van der Waals surface area contributed by atoms with E-state index in [9.17, 15) is 5.11 Å². The first-order valence-electron chi connectivity index (χ1n) is 4.61. The summed E-state index contributed by atoms with van der Waals surface area (Å²) in [5.41, 5.74) is 5.36. The lowest BCUT2D eigenvalue weighted by molar-refractivity contribution is 0.170. The molecule has 1 heterocycles. The standard InChI is InChI=1S/C9H17N3OS/c1-12(2)6-7-5-11-9(14-7)8(13)3-4-10/h5,8,13H,3-4,6,10H2,1-2H3/t8-/m0/s1. The zero-order valence-electron chi connectivity index (χ0n) is 8.60. The van der Waals surface area contributed by atoms with E-state index >= 15 is 0 Å². The van der Waals surface area contributed by atoms with Crippen LogP contribution in [0.4, 0.5) is 0 Å². The third kappa shape index (κ3) is 3.34. The fourth-order valence-corrected chi connectivity index (χ4v) is 2.20. The summed E-state index contributed by atoms with van der Waals surface area (Å²) >= 11 is 1.55. The number of nitrogens with two attached hydrogens (primary N) is 1. The van der Waals surface area contributed by atoms with Crippen LogP contribution in [0.3, 0.4) is 0 Å². The van der Waals surface area contributed by atoms with E-state index in [0.29, 0.717) is 13.0 Å². The van der Waals surface area contributed by atoms with Crippen molar-refractivity contribution < 1.29 is 5.11 Å². The molecule has 1 aromatic rings. The lowest BCUT2D eigenvalue weighted by Gasteiger charge is -2.06. The Kier molecular flexibility index (Phi) is 4.47. The van der Waals surface area contributed by atoms with Crippen LogP contribution in [0.15, 0.2) is 6.20 Å². The van der Waals surface area contributed by atoms with E-state index < -0.39 is 6.10 Å². The molecule has 0 bridgehead atoms. The molecule has 0 unspecified atom stereocenters. The van der Waals surface area contributed by atoms with Crippen molar-refractivity contribution in [3.63, 3.8) is 0 Å². The summed E-state index contributed by atoms with van der Waals surface area (Å²) < 4.78 is 0. The minimum atomic E-state index is -0.499. The number of nitrogens with zero attached hydrogens (tertiary/aromatic N) is 2. The second kappa shape index (κ2) is 5.41. The first kappa shape index (κ1) is 11.6. The topological polar surface area (TPSA) is 62.4 Å². The van der Waals surface area contributed by atoms with Crippen molar-refractivity contribution >= 4 is 11.3 Å². The van der Waals surface area contributed by atoms with Gasteiger partial charge in [0, 0.05) is 17.6 Å². The zero-order chi connectivity index (χ0) is 10.6. The molecule has 0 aliphatic heterocycles. The Bertz CT molecular complexity index is 275. The Hall–Kier alpha value is -0.490. The van der Waals surface area contributed by atoms with Gasteiger partial charge in [-0.05, 0) is 27.1 Å². The van der Waals surface area contributed by atoms with Gasteiger partial charge in [0.1, 0.15) is 11.1 Å². The summed E-state index contributed by atoms with van der Waals surface area (Å²) in [7, 11) is 4.02. The van der Waals surface area contributed by atoms with Gasteiger partial charge in [-0.25, -0.2) is 4.98 Å². The SMILES string of the molecule is CN(C)Cc1cnc([C@@H](O)CCN)s1. The molecule has 1 aromatic heterocycles. The van der Waals surface area contributed by atoms with Gasteiger partial charge in [0.15, 0.2) is 0 Å². The smallest absolute Gasteiger partial charge is 0.122 e. The maximum absolute atomic E-state index is 9.62. The molecule has 5 heteroatoms. The van der Waals surface area contributed by atoms with Crippen LogP contribution in [0, 0.1) is 0 Å². The molecule has 0 saturated carbocycles. The van der Waals surface area contributed by atoms with Crippen molar-refractivity contribution in [2.75, 3.05) is 20.6 Å². The Balaban J connectivity index is 2.58. The highest BCUT2D eigenvalue weighted by Crippen LogP contribution is 2.22. The third-order valence-corrected chi connectivity index (χ3v) is 2.85. The first-order valence-corrected chi connectivity index (χ1v) is 5.42. The Labute approximate surface area is 88.4 Å². The molecule has 0 aromatic carbocycles. The van der Waals surface area contributed by atoms with E-state index in [1.807, 2.05) is 20.3 Å². The number of thiazole rings is 1. The van der Waals surface area contributed by atoms with Gasteiger partial charge in [-0.2, -0.15) is 0 Å². The van der Waals surface area contributed by atoms with E-state index in [1.165, 1.54) is 4.88 Å². The Morgan fingerprint density at radius 1 is 1.64 bits per heavy atom. The van der Waals surface area contributed by atoms with E-state index in [0.717, 1.165) is 11.6 Å². The molecular formula is C9H17N3OS. The summed E-state index contributed by atoms with van der Waals surface area (Å²) in [4.78, 5) is 7.42. The molecule has 0 amide bonds. The molecule has 14 heavy (non-hydrogen) atoms.